The van der Waals surface area contributed by atoms with Gasteiger partial charge in [-0.3, -0.25) is 14.6 Å². The van der Waals surface area contributed by atoms with Gasteiger partial charge in [0.15, 0.2) is 5.82 Å². The zero-order valence-electron chi connectivity index (χ0n) is 15.3. The van der Waals surface area contributed by atoms with E-state index in [1.165, 1.54) is 11.1 Å². The number of hydrogen-bond acceptors (Lipinski definition) is 7. The summed E-state index contributed by atoms with van der Waals surface area (Å²) in [6.07, 6.45) is 4.92. The van der Waals surface area contributed by atoms with Crippen molar-refractivity contribution in [3.8, 4) is 11.4 Å². The van der Waals surface area contributed by atoms with Gasteiger partial charge in [-0.25, -0.2) is 4.98 Å². The molecule has 3 aromatic rings. The molecule has 3 aromatic heterocycles. The van der Waals surface area contributed by atoms with Gasteiger partial charge in [0, 0.05) is 50.1 Å². The molecule has 0 aromatic carbocycles. The number of aromatic nitrogens is 5. The molecule has 9 nitrogen and oxygen atoms in total. The van der Waals surface area contributed by atoms with Crippen LogP contribution in [0.3, 0.4) is 0 Å². The number of carbonyl (C=O) groups excluding carboxylic acids is 1. The van der Waals surface area contributed by atoms with Crippen LogP contribution in [0, 0.1) is 0 Å². The number of nitrogens with zero attached hydrogens (tertiary/aromatic N) is 5. The Morgan fingerprint density at radius 3 is 2.67 bits per heavy atom. The third-order valence-corrected chi connectivity index (χ3v) is 3.98. The van der Waals surface area contributed by atoms with Crippen LogP contribution in [0.25, 0.3) is 11.4 Å². The number of aromatic amines is 1. The average molecular weight is 368 g/mol. The monoisotopic (exact) mass is 368 g/mol. The van der Waals surface area contributed by atoms with Gasteiger partial charge in [0.05, 0.1) is 0 Å². The third-order valence-electron chi connectivity index (χ3n) is 3.98. The standard InChI is InChI=1S/C18H20N6O3/c1-11(2)17-21-14(23-27-17)6-9-24(3)18(26)13-10-20-15(22-16(13)25)12-4-7-19-8-5-12/h4-5,7-8,10-11H,6,9H2,1-3H3,(H,20,22,25). The minimum Gasteiger partial charge on any atom is -0.341 e. The molecule has 3 heterocycles. The molecule has 0 saturated carbocycles. The summed E-state index contributed by atoms with van der Waals surface area (Å²) in [7, 11) is 1.61. The number of likely N-dealkylation sites (N-methyl/N-ethyl adjacent to an activating group) is 1. The zero-order chi connectivity index (χ0) is 19.4. The maximum atomic E-state index is 12.5. The molecular formula is C18H20N6O3. The van der Waals surface area contributed by atoms with Crippen LogP contribution < -0.4 is 5.56 Å². The fourth-order valence-electron chi connectivity index (χ4n) is 2.38. The summed E-state index contributed by atoms with van der Waals surface area (Å²) in [4.78, 5) is 41.3. The molecule has 0 aliphatic heterocycles. The highest BCUT2D eigenvalue weighted by Gasteiger charge is 2.18. The topological polar surface area (TPSA) is 118 Å². The maximum Gasteiger partial charge on any atom is 0.264 e. The van der Waals surface area contributed by atoms with Crippen molar-refractivity contribution in [2.75, 3.05) is 13.6 Å². The summed E-state index contributed by atoms with van der Waals surface area (Å²) >= 11 is 0. The molecule has 0 aliphatic rings. The Kier molecular flexibility index (Phi) is 5.39. The molecule has 27 heavy (non-hydrogen) atoms. The second-order valence-electron chi connectivity index (χ2n) is 6.39. The fraction of sp³-hybridized carbons (Fsp3) is 0.333. The quantitative estimate of drug-likeness (QED) is 0.703. The van der Waals surface area contributed by atoms with Crippen LogP contribution in [0.5, 0.6) is 0 Å². The molecule has 0 aliphatic carbocycles. The van der Waals surface area contributed by atoms with E-state index < -0.39 is 11.5 Å². The van der Waals surface area contributed by atoms with Crippen molar-refractivity contribution in [3.63, 3.8) is 0 Å². The van der Waals surface area contributed by atoms with Crippen LogP contribution >= 0.6 is 0 Å². The molecule has 0 unspecified atom stereocenters. The van der Waals surface area contributed by atoms with Crippen LogP contribution in [-0.2, 0) is 6.42 Å². The van der Waals surface area contributed by atoms with E-state index in [0.29, 0.717) is 36.1 Å². The van der Waals surface area contributed by atoms with Crippen molar-refractivity contribution < 1.29 is 9.32 Å². The highest BCUT2D eigenvalue weighted by atomic mass is 16.5. The number of nitrogens with one attached hydrogen (secondary N) is 1. The van der Waals surface area contributed by atoms with Gasteiger partial charge in [-0.05, 0) is 12.1 Å². The SMILES string of the molecule is CC(C)c1nc(CCN(C)C(=O)c2cnc(-c3ccncc3)[nH]c2=O)no1. The Labute approximate surface area is 155 Å². The van der Waals surface area contributed by atoms with Crippen LogP contribution in [0.15, 0.2) is 40.0 Å². The predicted octanol–water partition coefficient (Wildman–Crippen LogP) is 1.65. The first-order valence-electron chi connectivity index (χ1n) is 8.53. The van der Waals surface area contributed by atoms with Gasteiger partial charge in [0.2, 0.25) is 5.89 Å². The van der Waals surface area contributed by atoms with Crippen molar-refractivity contribution in [3.05, 3.63) is 58.4 Å². The lowest BCUT2D eigenvalue weighted by Crippen LogP contribution is -2.33. The van der Waals surface area contributed by atoms with Crippen molar-refractivity contribution in [1.82, 2.24) is 30.0 Å². The Hall–Kier alpha value is -3.36. The van der Waals surface area contributed by atoms with Gasteiger partial charge in [-0.1, -0.05) is 19.0 Å². The molecule has 3 rings (SSSR count). The fourth-order valence-corrected chi connectivity index (χ4v) is 2.38. The van der Waals surface area contributed by atoms with Gasteiger partial charge < -0.3 is 14.4 Å². The Morgan fingerprint density at radius 1 is 1.30 bits per heavy atom. The zero-order valence-corrected chi connectivity index (χ0v) is 15.3. The molecular weight excluding hydrogens is 348 g/mol. The van der Waals surface area contributed by atoms with Crippen molar-refractivity contribution in [2.45, 2.75) is 26.2 Å². The number of hydrogen-bond donors (Lipinski definition) is 1. The van der Waals surface area contributed by atoms with Crippen molar-refractivity contribution in [2.24, 2.45) is 0 Å². The molecule has 140 valence electrons. The van der Waals surface area contributed by atoms with Gasteiger partial charge in [0.1, 0.15) is 11.4 Å². The first-order chi connectivity index (χ1) is 13.0. The number of amides is 1. The molecule has 0 radical (unpaired) electrons. The first kappa shape index (κ1) is 18.4. The molecule has 9 heteroatoms. The van der Waals surface area contributed by atoms with Crippen LogP contribution in [0.4, 0.5) is 0 Å². The number of rotatable bonds is 6. The van der Waals surface area contributed by atoms with E-state index >= 15 is 0 Å². The van der Waals surface area contributed by atoms with E-state index in [0.717, 1.165) is 0 Å². The molecule has 1 amide bonds. The van der Waals surface area contributed by atoms with Gasteiger partial charge in [0.25, 0.3) is 11.5 Å². The smallest absolute Gasteiger partial charge is 0.264 e. The molecule has 1 N–H and O–H groups in total. The molecule has 0 fully saturated rings. The second kappa shape index (κ2) is 7.90. The Balaban J connectivity index is 1.68. The van der Waals surface area contributed by atoms with Crippen molar-refractivity contribution >= 4 is 5.91 Å². The summed E-state index contributed by atoms with van der Waals surface area (Å²) in [6, 6.07) is 3.45. The molecule has 0 spiro atoms. The van der Waals surface area contributed by atoms with Gasteiger partial charge in [-0.15, -0.1) is 0 Å². The Bertz CT molecular complexity index is 980. The lowest BCUT2D eigenvalue weighted by atomic mass is 10.2. The number of pyridine rings is 1. The highest BCUT2D eigenvalue weighted by molar-refractivity contribution is 5.93. The maximum absolute atomic E-state index is 12.5. The predicted molar refractivity (Wildman–Crippen MR) is 97.1 cm³/mol. The molecule has 0 atom stereocenters. The van der Waals surface area contributed by atoms with E-state index in [1.54, 1.807) is 31.6 Å². The highest BCUT2D eigenvalue weighted by Crippen LogP contribution is 2.12. The van der Waals surface area contributed by atoms with Crippen LogP contribution in [-0.4, -0.2) is 49.5 Å². The summed E-state index contributed by atoms with van der Waals surface area (Å²) < 4.78 is 5.14. The normalized spacial score (nSPS) is 11.0. The van der Waals surface area contributed by atoms with Gasteiger partial charge >= 0.3 is 0 Å². The lowest BCUT2D eigenvalue weighted by molar-refractivity contribution is 0.0793. The molecule has 0 saturated heterocycles. The number of H-pyrrole nitrogens is 1. The summed E-state index contributed by atoms with van der Waals surface area (Å²) in [6.45, 7) is 4.27. The first-order valence-corrected chi connectivity index (χ1v) is 8.53. The van der Waals surface area contributed by atoms with Crippen LogP contribution in [0.1, 0.15) is 41.8 Å². The van der Waals surface area contributed by atoms with E-state index in [9.17, 15) is 9.59 Å². The summed E-state index contributed by atoms with van der Waals surface area (Å²) in [5.74, 6) is 1.20. The van der Waals surface area contributed by atoms with E-state index in [-0.39, 0.29) is 11.5 Å². The van der Waals surface area contributed by atoms with Gasteiger partial charge in [-0.2, -0.15) is 4.98 Å². The summed E-state index contributed by atoms with van der Waals surface area (Å²) in [5, 5.41) is 3.89. The van der Waals surface area contributed by atoms with E-state index in [2.05, 4.69) is 25.1 Å². The van der Waals surface area contributed by atoms with Crippen LogP contribution in [0.2, 0.25) is 0 Å². The minimum absolute atomic E-state index is 0.0220. The van der Waals surface area contributed by atoms with E-state index in [1.807, 2.05) is 13.8 Å². The molecule has 0 bridgehead atoms. The van der Waals surface area contributed by atoms with Crippen molar-refractivity contribution in [1.29, 1.82) is 0 Å². The van der Waals surface area contributed by atoms with E-state index in [4.69, 9.17) is 4.52 Å². The average Bonchev–Trinajstić information content (AvgIpc) is 3.15. The minimum atomic E-state index is -0.490. The third kappa shape index (κ3) is 4.25. The number of carbonyl (C=O) groups is 1. The Morgan fingerprint density at radius 2 is 2.04 bits per heavy atom. The second-order valence-corrected chi connectivity index (χ2v) is 6.39. The largest absolute Gasteiger partial charge is 0.341 e. The lowest BCUT2D eigenvalue weighted by Gasteiger charge is -2.15. The summed E-state index contributed by atoms with van der Waals surface area (Å²) in [5.41, 5.74) is 0.203.